The minimum atomic E-state index is -3.31. The third-order valence-corrected chi connectivity index (χ3v) is 5.84. The second-order valence-electron chi connectivity index (χ2n) is 6.04. The van der Waals surface area contributed by atoms with Crippen LogP contribution in [0.1, 0.15) is 31.2 Å². The van der Waals surface area contributed by atoms with E-state index in [2.05, 4.69) is 15.5 Å². The maximum atomic E-state index is 12.6. The Morgan fingerprint density at radius 3 is 2.54 bits per heavy atom. The summed E-state index contributed by atoms with van der Waals surface area (Å²) in [6.07, 6.45) is 6.74. The monoisotopic (exact) mass is 393 g/mol. The molecular weight excluding hydrogens is 374 g/mol. The number of thiazole rings is 1. The minimum absolute atomic E-state index is 0.00737. The summed E-state index contributed by atoms with van der Waals surface area (Å²) in [6, 6.07) is 6.00. The molecule has 1 heterocycles. The summed E-state index contributed by atoms with van der Waals surface area (Å²) in [5.41, 5.74) is 0.566. The van der Waals surface area contributed by atoms with Crippen molar-refractivity contribution in [2.24, 2.45) is 5.16 Å². The number of hydrogen-bond acceptors (Lipinski definition) is 7. The van der Waals surface area contributed by atoms with E-state index in [9.17, 15) is 13.2 Å². The number of sulfone groups is 1. The second-order valence-corrected chi connectivity index (χ2v) is 8.95. The van der Waals surface area contributed by atoms with Gasteiger partial charge in [0.15, 0.2) is 20.7 Å². The van der Waals surface area contributed by atoms with Crippen LogP contribution in [-0.4, -0.2) is 37.4 Å². The smallest absolute Gasteiger partial charge is 0.280 e. The molecule has 0 atom stereocenters. The van der Waals surface area contributed by atoms with Gasteiger partial charge in [-0.25, -0.2) is 13.4 Å². The highest BCUT2D eigenvalue weighted by molar-refractivity contribution is 7.90. The van der Waals surface area contributed by atoms with Gasteiger partial charge < -0.3 is 4.84 Å². The number of amides is 1. The van der Waals surface area contributed by atoms with Gasteiger partial charge in [0, 0.05) is 23.4 Å². The number of oxime groups is 1. The zero-order chi connectivity index (χ0) is 18.6. The summed E-state index contributed by atoms with van der Waals surface area (Å²) in [5, 5.41) is 8.97. The molecule has 0 radical (unpaired) electrons. The highest BCUT2D eigenvalue weighted by Gasteiger charge is 2.21. The molecule has 0 bridgehead atoms. The van der Waals surface area contributed by atoms with Crippen LogP contribution >= 0.6 is 11.3 Å². The van der Waals surface area contributed by atoms with Gasteiger partial charge in [-0.1, -0.05) is 17.3 Å². The number of aromatic nitrogens is 1. The largest absolute Gasteiger partial charge is 0.392 e. The van der Waals surface area contributed by atoms with Crippen molar-refractivity contribution in [3.05, 3.63) is 41.4 Å². The number of nitrogens with zero attached hydrogens (tertiary/aromatic N) is 2. The average molecular weight is 393 g/mol. The molecule has 2 aromatic rings. The van der Waals surface area contributed by atoms with Crippen molar-refractivity contribution in [3.8, 4) is 0 Å². The SMILES string of the molecule is CS(=O)(=O)c1ccc(/C(=N\OC2CCCC2)C(=O)Nc2nccs2)cc1. The fraction of sp³-hybridized carbons (Fsp3) is 0.353. The van der Waals surface area contributed by atoms with Crippen LogP contribution in [0, 0.1) is 0 Å². The highest BCUT2D eigenvalue weighted by Crippen LogP contribution is 2.22. The molecular formula is C17H19N3O4S2. The van der Waals surface area contributed by atoms with Crippen molar-refractivity contribution < 1.29 is 18.0 Å². The van der Waals surface area contributed by atoms with E-state index in [-0.39, 0.29) is 16.7 Å². The standard InChI is InChI=1S/C17H19N3O4S2/c1-26(22,23)14-8-6-12(7-9-14)15(20-24-13-4-2-3-5-13)16(21)19-17-18-10-11-25-17/h6-11,13H,2-5H2,1H3,(H,18,19,21)/b20-15+. The van der Waals surface area contributed by atoms with E-state index in [0.717, 1.165) is 31.9 Å². The number of anilines is 1. The van der Waals surface area contributed by atoms with Gasteiger partial charge in [0.25, 0.3) is 5.91 Å². The molecule has 3 rings (SSSR count). The number of rotatable bonds is 6. The van der Waals surface area contributed by atoms with Crippen LogP contribution in [0.3, 0.4) is 0 Å². The van der Waals surface area contributed by atoms with Gasteiger partial charge in [0.1, 0.15) is 6.10 Å². The molecule has 1 aliphatic rings. The Labute approximate surface area is 156 Å². The number of benzene rings is 1. The van der Waals surface area contributed by atoms with Gasteiger partial charge in [-0.2, -0.15) is 0 Å². The van der Waals surface area contributed by atoms with E-state index in [1.54, 1.807) is 23.7 Å². The fourth-order valence-electron chi connectivity index (χ4n) is 2.65. The van der Waals surface area contributed by atoms with Crippen LogP contribution in [0.5, 0.6) is 0 Å². The van der Waals surface area contributed by atoms with Gasteiger partial charge in [0.05, 0.1) is 4.90 Å². The maximum Gasteiger partial charge on any atom is 0.280 e. The minimum Gasteiger partial charge on any atom is -0.392 e. The van der Waals surface area contributed by atoms with Crippen LogP contribution < -0.4 is 5.32 Å². The number of carbonyl (C=O) groups excluding carboxylic acids is 1. The van der Waals surface area contributed by atoms with Gasteiger partial charge >= 0.3 is 0 Å². The van der Waals surface area contributed by atoms with Crippen LogP contribution in [0.25, 0.3) is 0 Å². The third-order valence-electron chi connectivity index (χ3n) is 4.02. The first-order valence-electron chi connectivity index (χ1n) is 8.18. The maximum absolute atomic E-state index is 12.6. The summed E-state index contributed by atoms with van der Waals surface area (Å²) in [4.78, 5) is 22.4. The van der Waals surface area contributed by atoms with Crippen molar-refractivity contribution in [2.45, 2.75) is 36.7 Å². The molecule has 0 spiro atoms. The zero-order valence-electron chi connectivity index (χ0n) is 14.2. The summed E-state index contributed by atoms with van der Waals surface area (Å²) in [6.45, 7) is 0. The lowest BCUT2D eigenvalue weighted by atomic mass is 10.1. The summed E-state index contributed by atoms with van der Waals surface area (Å²) in [7, 11) is -3.31. The summed E-state index contributed by atoms with van der Waals surface area (Å²) < 4.78 is 23.2. The molecule has 1 aromatic carbocycles. The predicted molar refractivity (Wildman–Crippen MR) is 100 cm³/mol. The predicted octanol–water partition coefficient (Wildman–Crippen LogP) is 2.85. The lowest BCUT2D eigenvalue weighted by molar-refractivity contribution is -0.110. The Hall–Kier alpha value is -2.26. The Bertz CT molecular complexity index is 885. The molecule has 0 unspecified atom stereocenters. The molecule has 1 aromatic heterocycles. The Kier molecular flexibility index (Phi) is 5.67. The Morgan fingerprint density at radius 2 is 1.96 bits per heavy atom. The summed E-state index contributed by atoms with van der Waals surface area (Å²) >= 11 is 1.29. The van der Waals surface area contributed by atoms with E-state index in [1.165, 1.54) is 23.5 Å². The topological polar surface area (TPSA) is 97.7 Å². The molecule has 1 N–H and O–H groups in total. The molecule has 138 valence electrons. The van der Waals surface area contributed by atoms with Crippen molar-refractivity contribution >= 4 is 37.9 Å². The quantitative estimate of drug-likeness (QED) is 0.601. The zero-order valence-corrected chi connectivity index (χ0v) is 15.8. The molecule has 1 amide bonds. The van der Waals surface area contributed by atoms with Crippen LogP contribution in [-0.2, 0) is 19.5 Å². The van der Waals surface area contributed by atoms with Crippen LogP contribution in [0.2, 0.25) is 0 Å². The molecule has 1 fully saturated rings. The molecule has 0 saturated heterocycles. The lowest BCUT2D eigenvalue weighted by Gasteiger charge is -2.10. The fourth-order valence-corrected chi connectivity index (χ4v) is 3.80. The molecule has 1 saturated carbocycles. The van der Waals surface area contributed by atoms with E-state index in [4.69, 9.17) is 4.84 Å². The Balaban J connectivity index is 1.86. The molecule has 1 aliphatic carbocycles. The van der Waals surface area contributed by atoms with E-state index < -0.39 is 15.7 Å². The lowest BCUT2D eigenvalue weighted by Crippen LogP contribution is -2.25. The first-order valence-corrected chi connectivity index (χ1v) is 11.0. The molecule has 0 aliphatic heterocycles. The highest BCUT2D eigenvalue weighted by atomic mass is 32.2. The van der Waals surface area contributed by atoms with E-state index >= 15 is 0 Å². The van der Waals surface area contributed by atoms with Crippen LogP contribution in [0.15, 0.2) is 45.9 Å². The second kappa shape index (κ2) is 7.96. The van der Waals surface area contributed by atoms with Crippen LogP contribution in [0.4, 0.5) is 5.13 Å². The van der Waals surface area contributed by atoms with Crippen molar-refractivity contribution in [1.82, 2.24) is 4.98 Å². The number of hydrogen-bond donors (Lipinski definition) is 1. The van der Waals surface area contributed by atoms with Gasteiger partial charge in [-0.15, -0.1) is 11.3 Å². The summed E-state index contributed by atoms with van der Waals surface area (Å²) in [5.74, 6) is -0.454. The average Bonchev–Trinajstić information content (AvgIpc) is 3.28. The van der Waals surface area contributed by atoms with Gasteiger partial charge in [-0.05, 0) is 37.8 Å². The van der Waals surface area contributed by atoms with E-state index in [1.807, 2.05) is 0 Å². The van der Waals surface area contributed by atoms with Crippen molar-refractivity contribution in [3.63, 3.8) is 0 Å². The number of nitrogens with one attached hydrogen (secondary N) is 1. The van der Waals surface area contributed by atoms with Gasteiger partial charge in [0.2, 0.25) is 0 Å². The first kappa shape index (κ1) is 18.5. The first-order chi connectivity index (χ1) is 12.4. The number of carbonyl (C=O) groups is 1. The third kappa shape index (κ3) is 4.67. The van der Waals surface area contributed by atoms with Crippen molar-refractivity contribution in [1.29, 1.82) is 0 Å². The van der Waals surface area contributed by atoms with Crippen molar-refractivity contribution in [2.75, 3.05) is 11.6 Å². The van der Waals surface area contributed by atoms with Gasteiger partial charge in [-0.3, -0.25) is 10.1 Å². The van der Waals surface area contributed by atoms with E-state index in [0.29, 0.717) is 10.7 Å². The molecule has 9 heteroatoms. The Morgan fingerprint density at radius 1 is 1.27 bits per heavy atom. The molecule has 26 heavy (non-hydrogen) atoms. The normalized spacial score (nSPS) is 15.8. The molecule has 7 nitrogen and oxygen atoms in total.